The quantitative estimate of drug-likeness (QED) is 0.844. The van der Waals surface area contributed by atoms with E-state index in [-0.39, 0.29) is 11.8 Å². The van der Waals surface area contributed by atoms with E-state index < -0.39 is 5.41 Å². The fraction of sp³-hybridized carbons (Fsp3) is 0.579. The summed E-state index contributed by atoms with van der Waals surface area (Å²) < 4.78 is 5.40. The van der Waals surface area contributed by atoms with E-state index in [1.54, 1.807) is 0 Å². The highest BCUT2D eigenvalue weighted by atomic mass is 16.5. The number of anilines is 1. The SMILES string of the molecule is CCOc1ccc(NC(=O)C2(C(=O)N3CCCC(C)C3)CC2)cc1. The predicted octanol–water partition coefficient (Wildman–Crippen LogP) is 3.06. The summed E-state index contributed by atoms with van der Waals surface area (Å²) in [6, 6.07) is 7.28. The molecule has 1 unspecified atom stereocenters. The Kier molecular flexibility index (Phi) is 4.78. The van der Waals surface area contributed by atoms with Crippen molar-refractivity contribution in [3.63, 3.8) is 0 Å². The molecule has 1 aliphatic heterocycles. The molecule has 1 aromatic carbocycles. The Morgan fingerprint density at radius 3 is 2.58 bits per heavy atom. The van der Waals surface area contributed by atoms with Crippen LogP contribution in [0.3, 0.4) is 0 Å². The first-order chi connectivity index (χ1) is 11.5. The summed E-state index contributed by atoms with van der Waals surface area (Å²) in [7, 11) is 0. The van der Waals surface area contributed by atoms with Crippen LogP contribution in [0.25, 0.3) is 0 Å². The van der Waals surface area contributed by atoms with Crippen molar-refractivity contribution in [3.8, 4) is 5.75 Å². The van der Waals surface area contributed by atoms with E-state index in [0.29, 0.717) is 31.1 Å². The molecule has 2 fully saturated rings. The van der Waals surface area contributed by atoms with Crippen LogP contribution in [0.15, 0.2) is 24.3 Å². The van der Waals surface area contributed by atoms with Gasteiger partial charge in [0, 0.05) is 18.8 Å². The van der Waals surface area contributed by atoms with Gasteiger partial charge < -0.3 is 15.0 Å². The van der Waals surface area contributed by atoms with Gasteiger partial charge in [-0.1, -0.05) is 6.92 Å². The first-order valence-corrected chi connectivity index (χ1v) is 8.89. The lowest BCUT2D eigenvalue weighted by molar-refractivity contribution is -0.143. The van der Waals surface area contributed by atoms with Crippen LogP contribution in [0, 0.1) is 11.3 Å². The third-order valence-corrected chi connectivity index (χ3v) is 4.96. The lowest BCUT2D eigenvalue weighted by Crippen LogP contribution is -2.46. The molecule has 130 valence electrons. The van der Waals surface area contributed by atoms with E-state index in [1.165, 1.54) is 0 Å². The summed E-state index contributed by atoms with van der Waals surface area (Å²) in [6.07, 6.45) is 3.50. The molecule has 0 spiro atoms. The molecular formula is C19H26N2O3. The van der Waals surface area contributed by atoms with Crippen LogP contribution in [0.2, 0.25) is 0 Å². The number of likely N-dealkylation sites (tertiary alicyclic amines) is 1. The number of amides is 2. The van der Waals surface area contributed by atoms with Crippen LogP contribution >= 0.6 is 0 Å². The molecule has 5 heteroatoms. The lowest BCUT2D eigenvalue weighted by Gasteiger charge is -2.33. The standard InChI is InChI=1S/C19H26N2O3/c1-3-24-16-8-6-15(7-9-16)20-17(22)19(10-11-19)18(23)21-12-4-5-14(2)13-21/h6-9,14H,3-5,10-13H2,1-2H3,(H,20,22). The maximum atomic E-state index is 12.8. The van der Waals surface area contributed by atoms with Gasteiger partial charge in [0.1, 0.15) is 11.2 Å². The molecule has 1 aromatic rings. The van der Waals surface area contributed by atoms with Crippen LogP contribution in [-0.4, -0.2) is 36.4 Å². The molecule has 2 aliphatic rings. The summed E-state index contributed by atoms with van der Waals surface area (Å²) in [5.41, 5.74) is -0.134. The van der Waals surface area contributed by atoms with Gasteiger partial charge in [-0.2, -0.15) is 0 Å². The second-order valence-corrected chi connectivity index (χ2v) is 6.99. The van der Waals surface area contributed by atoms with Crippen LogP contribution in [-0.2, 0) is 9.59 Å². The molecule has 1 saturated carbocycles. The summed E-state index contributed by atoms with van der Waals surface area (Å²) >= 11 is 0. The highest BCUT2D eigenvalue weighted by molar-refractivity contribution is 6.13. The molecule has 24 heavy (non-hydrogen) atoms. The zero-order valence-corrected chi connectivity index (χ0v) is 14.5. The van der Waals surface area contributed by atoms with Gasteiger partial charge in [0.2, 0.25) is 11.8 Å². The molecule has 3 rings (SSSR count). The smallest absolute Gasteiger partial charge is 0.240 e. The largest absolute Gasteiger partial charge is 0.494 e. The van der Waals surface area contributed by atoms with Gasteiger partial charge in [0.25, 0.3) is 0 Å². The molecule has 1 N–H and O–H groups in total. The van der Waals surface area contributed by atoms with E-state index in [2.05, 4.69) is 12.2 Å². The average Bonchev–Trinajstić information content (AvgIpc) is 3.38. The van der Waals surface area contributed by atoms with Crippen molar-refractivity contribution in [2.75, 3.05) is 25.0 Å². The van der Waals surface area contributed by atoms with Crippen molar-refractivity contribution < 1.29 is 14.3 Å². The zero-order valence-electron chi connectivity index (χ0n) is 14.5. The fourth-order valence-corrected chi connectivity index (χ4v) is 3.39. The number of piperidine rings is 1. The van der Waals surface area contributed by atoms with Crippen molar-refractivity contribution in [2.24, 2.45) is 11.3 Å². The molecule has 0 bridgehead atoms. The number of nitrogens with zero attached hydrogens (tertiary/aromatic N) is 1. The number of hydrogen-bond acceptors (Lipinski definition) is 3. The molecule has 0 aromatic heterocycles. The van der Waals surface area contributed by atoms with Crippen molar-refractivity contribution in [1.82, 2.24) is 4.90 Å². The molecule has 0 radical (unpaired) electrons. The second kappa shape index (κ2) is 6.83. The monoisotopic (exact) mass is 330 g/mol. The number of benzene rings is 1. The van der Waals surface area contributed by atoms with E-state index in [0.717, 1.165) is 31.7 Å². The van der Waals surface area contributed by atoms with Crippen LogP contribution in [0.5, 0.6) is 5.75 Å². The minimum atomic E-state index is -0.838. The minimum Gasteiger partial charge on any atom is -0.494 e. The number of carbonyl (C=O) groups is 2. The third-order valence-electron chi connectivity index (χ3n) is 4.96. The molecule has 2 amide bonds. The lowest BCUT2D eigenvalue weighted by atomic mass is 9.96. The summed E-state index contributed by atoms with van der Waals surface area (Å²) in [5, 5.41) is 2.90. The molecule has 1 heterocycles. The Morgan fingerprint density at radius 2 is 2.00 bits per heavy atom. The van der Waals surface area contributed by atoms with Gasteiger partial charge in [-0.25, -0.2) is 0 Å². The zero-order chi connectivity index (χ0) is 17.2. The minimum absolute atomic E-state index is 0.0116. The van der Waals surface area contributed by atoms with Gasteiger partial charge in [0.05, 0.1) is 6.61 Å². The van der Waals surface area contributed by atoms with Gasteiger partial charge in [-0.05, 0) is 62.8 Å². The summed E-state index contributed by atoms with van der Waals surface area (Å²) in [6.45, 7) is 6.26. The Labute approximate surface area is 143 Å². The normalized spacial score (nSPS) is 21.9. The van der Waals surface area contributed by atoms with Crippen LogP contribution in [0.1, 0.15) is 39.5 Å². The molecule has 1 saturated heterocycles. The number of hydrogen-bond donors (Lipinski definition) is 1. The average molecular weight is 330 g/mol. The van der Waals surface area contributed by atoms with E-state index in [1.807, 2.05) is 36.1 Å². The first-order valence-electron chi connectivity index (χ1n) is 8.89. The number of carbonyl (C=O) groups excluding carboxylic acids is 2. The fourth-order valence-electron chi connectivity index (χ4n) is 3.39. The highest BCUT2D eigenvalue weighted by Crippen LogP contribution is 2.48. The molecular weight excluding hydrogens is 304 g/mol. The highest BCUT2D eigenvalue weighted by Gasteiger charge is 2.58. The Hall–Kier alpha value is -2.04. The Bertz CT molecular complexity index is 608. The number of ether oxygens (including phenoxy) is 1. The van der Waals surface area contributed by atoms with E-state index >= 15 is 0 Å². The summed E-state index contributed by atoms with van der Waals surface area (Å²) in [5.74, 6) is 1.13. The van der Waals surface area contributed by atoms with Gasteiger partial charge in [-0.3, -0.25) is 9.59 Å². The topological polar surface area (TPSA) is 58.6 Å². The molecule has 1 aliphatic carbocycles. The second-order valence-electron chi connectivity index (χ2n) is 6.99. The predicted molar refractivity (Wildman–Crippen MR) is 92.9 cm³/mol. The van der Waals surface area contributed by atoms with Crippen molar-refractivity contribution in [1.29, 1.82) is 0 Å². The van der Waals surface area contributed by atoms with Gasteiger partial charge in [0.15, 0.2) is 0 Å². The molecule has 5 nitrogen and oxygen atoms in total. The van der Waals surface area contributed by atoms with Gasteiger partial charge in [-0.15, -0.1) is 0 Å². The number of rotatable bonds is 5. The Morgan fingerprint density at radius 1 is 1.29 bits per heavy atom. The van der Waals surface area contributed by atoms with Crippen molar-refractivity contribution in [2.45, 2.75) is 39.5 Å². The Balaban J connectivity index is 1.64. The van der Waals surface area contributed by atoms with Crippen molar-refractivity contribution in [3.05, 3.63) is 24.3 Å². The summed E-state index contributed by atoms with van der Waals surface area (Å²) in [4.78, 5) is 27.4. The third kappa shape index (κ3) is 3.40. The van der Waals surface area contributed by atoms with Crippen LogP contribution in [0.4, 0.5) is 5.69 Å². The van der Waals surface area contributed by atoms with E-state index in [4.69, 9.17) is 4.74 Å². The van der Waals surface area contributed by atoms with E-state index in [9.17, 15) is 9.59 Å². The van der Waals surface area contributed by atoms with Crippen LogP contribution < -0.4 is 10.1 Å². The van der Waals surface area contributed by atoms with Gasteiger partial charge >= 0.3 is 0 Å². The molecule has 1 atom stereocenters. The maximum absolute atomic E-state index is 12.8. The maximum Gasteiger partial charge on any atom is 0.240 e. The number of nitrogens with one attached hydrogen (secondary N) is 1. The van der Waals surface area contributed by atoms with Crippen molar-refractivity contribution >= 4 is 17.5 Å². The first kappa shape index (κ1) is 16.8.